The van der Waals surface area contributed by atoms with E-state index in [4.69, 9.17) is 9.84 Å². The molecule has 1 saturated heterocycles. The number of aliphatic hydroxyl groups excluding tert-OH is 1. The fraction of sp³-hybridized carbons (Fsp3) is 0.417. The summed E-state index contributed by atoms with van der Waals surface area (Å²) in [7, 11) is 0. The van der Waals surface area contributed by atoms with Crippen molar-refractivity contribution in [1.82, 2.24) is 0 Å². The van der Waals surface area contributed by atoms with Gasteiger partial charge in [-0.2, -0.15) is 0 Å². The molecule has 1 fully saturated rings. The Kier molecular flexibility index (Phi) is 3.02. The Morgan fingerprint density at radius 3 is 2.67 bits per heavy atom. The minimum absolute atomic E-state index is 0.0724. The average molecular weight is 206 g/mol. The summed E-state index contributed by atoms with van der Waals surface area (Å²) in [5, 5.41) is 8.89. The van der Waals surface area contributed by atoms with Gasteiger partial charge in [0.15, 0.2) is 0 Å². The molecule has 0 amide bonds. The molecule has 1 heterocycles. The van der Waals surface area contributed by atoms with E-state index in [0.29, 0.717) is 12.8 Å². The average Bonchev–Trinajstić information content (AvgIpc) is 2.61. The first-order valence-corrected chi connectivity index (χ1v) is 5.15. The van der Waals surface area contributed by atoms with Gasteiger partial charge < -0.3 is 9.84 Å². The fourth-order valence-corrected chi connectivity index (χ4v) is 1.90. The second-order valence-electron chi connectivity index (χ2n) is 3.86. The highest BCUT2D eigenvalue weighted by Crippen LogP contribution is 2.24. The van der Waals surface area contributed by atoms with Crippen LogP contribution < -0.4 is 0 Å². The van der Waals surface area contributed by atoms with E-state index >= 15 is 0 Å². The van der Waals surface area contributed by atoms with Crippen LogP contribution in [0.4, 0.5) is 0 Å². The molecule has 1 aliphatic heterocycles. The summed E-state index contributed by atoms with van der Waals surface area (Å²) in [4.78, 5) is 11.4. The summed E-state index contributed by atoms with van der Waals surface area (Å²) < 4.78 is 5.01. The van der Waals surface area contributed by atoms with Gasteiger partial charge in [-0.1, -0.05) is 30.3 Å². The van der Waals surface area contributed by atoms with E-state index in [0.717, 1.165) is 5.56 Å². The molecule has 0 spiro atoms. The van der Waals surface area contributed by atoms with Gasteiger partial charge in [-0.05, 0) is 12.0 Å². The van der Waals surface area contributed by atoms with Gasteiger partial charge in [0.2, 0.25) is 0 Å². The van der Waals surface area contributed by atoms with Crippen molar-refractivity contribution in [3.05, 3.63) is 35.9 Å². The molecule has 0 bridgehead atoms. The number of carbonyl (C=O) groups is 1. The largest absolute Gasteiger partial charge is 0.460 e. The highest BCUT2D eigenvalue weighted by molar-refractivity contribution is 5.75. The zero-order valence-corrected chi connectivity index (χ0v) is 8.43. The third-order valence-corrected chi connectivity index (χ3v) is 2.69. The molecule has 0 radical (unpaired) electrons. The number of rotatable bonds is 3. The lowest BCUT2D eigenvalue weighted by Crippen LogP contribution is -2.11. The Hall–Kier alpha value is -1.35. The van der Waals surface area contributed by atoms with E-state index < -0.39 is 0 Å². The van der Waals surface area contributed by atoms with Crippen molar-refractivity contribution in [3.8, 4) is 0 Å². The lowest BCUT2D eigenvalue weighted by atomic mass is 9.96. The topological polar surface area (TPSA) is 46.5 Å². The molecule has 1 aliphatic rings. The lowest BCUT2D eigenvalue weighted by Gasteiger charge is -2.04. The van der Waals surface area contributed by atoms with Crippen LogP contribution in [-0.2, 0) is 16.0 Å². The minimum Gasteiger partial charge on any atom is -0.460 e. The second kappa shape index (κ2) is 4.45. The molecule has 0 aromatic heterocycles. The summed E-state index contributed by atoms with van der Waals surface area (Å²) >= 11 is 0. The Labute approximate surface area is 88.7 Å². The smallest absolute Gasteiger partial charge is 0.309 e. The predicted molar refractivity (Wildman–Crippen MR) is 55.2 cm³/mol. The maximum atomic E-state index is 11.4. The first kappa shape index (κ1) is 10.2. The van der Waals surface area contributed by atoms with Crippen LogP contribution in [0.15, 0.2) is 30.3 Å². The molecule has 80 valence electrons. The number of cyclic esters (lactones) is 1. The molecule has 3 nitrogen and oxygen atoms in total. The molecule has 0 saturated carbocycles. The van der Waals surface area contributed by atoms with Gasteiger partial charge in [-0.15, -0.1) is 0 Å². The van der Waals surface area contributed by atoms with Crippen molar-refractivity contribution < 1.29 is 14.6 Å². The monoisotopic (exact) mass is 206 g/mol. The fourth-order valence-electron chi connectivity index (χ4n) is 1.90. The Morgan fingerprint density at radius 2 is 2.07 bits per heavy atom. The van der Waals surface area contributed by atoms with Crippen molar-refractivity contribution in [2.24, 2.45) is 5.92 Å². The number of aliphatic hydroxyl groups is 1. The maximum absolute atomic E-state index is 11.4. The third kappa shape index (κ3) is 2.36. The summed E-state index contributed by atoms with van der Waals surface area (Å²) in [5.74, 6) is -0.276. The summed E-state index contributed by atoms with van der Waals surface area (Å²) in [6, 6.07) is 9.87. The standard InChI is InChI=1S/C12H14O3/c13-8-11-7-10(12(14)15-11)6-9-4-2-1-3-5-9/h1-5,10-11,13H,6-8H2/t10-,11?/m1/s1. The normalized spacial score (nSPS) is 25.3. The molecule has 1 unspecified atom stereocenters. The van der Waals surface area contributed by atoms with E-state index in [1.807, 2.05) is 30.3 Å². The van der Waals surface area contributed by atoms with Crippen molar-refractivity contribution in [2.45, 2.75) is 18.9 Å². The van der Waals surface area contributed by atoms with E-state index in [1.54, 1.807) is 0 Å². The van der Waals surface area contributed by atoms with Crippen molar-refractivity contribution in [1.29, 1.82) is 0 Å². The van der Waals surface area contributed by atoms with E-state index in [2.05, 4.69) is 0 Å². The third-order valence-electron chi connectivity index (χ3n) is 2.69. The van der Waals surface area contributed by atoms with E-state index in [-0.39, 0.29) is 24.6 Å². The van der Waals surface area contributed by atoms with Crippen LogP contribution in [0.2, 0.25) is 0 Å². The van der Waals surface area contributed by atoms with E-state index in [9.17, 15) is 4.79 Å². The van der Waals surface area contributed by atoms with Crippen LogP contribution in [-0.4, -0.2) is 23.8 Å². The molecule has 0 aliphatic carbocycles. The molecular formula is C12H14O3. The number of benzene rings is 1. The number of ether oxygens (including phenoxy) is 1. The Bertz CT molecular complexity index is 334. The molecule has 15 heavy (non-hydrogen) atoms. The molecular weight excluding hydrogens is 192 g/mol. The van der Waals surface area contributed by atoms with Crippen LogP contribution in [0, 0.1) is 5.92 Å². The van der Waals surface area contributed by atoms with Crippen LogP contribution >= 0.6 is 0 Å². The van der Waals surface area contributed by atoms with Crippen LogP contribution in [0.25, 0.3) is 0 Å². The predicted octanol–water partition coefficient (Wildman–Crippen LogP) is 1.15. The first-order chi connectivity index (χ1) is 7.29. The highest BCUT2D eigenvalue weighted by Gasteiger charge is 2.33. The van der Waals surface area contributed by atoms with Crippen LogP contribution in [0.1, 0.15) is 12.0 Å². The van der Waals surface area contributed by atoms with Gasteiger partial charge >= 0.3 is 5.97 Å². The zero-order valence-electron chi connectivity index (χ0n) is 8.43. The summed E-state index contributed by atoms with van der Waals surface area (Å²) in [6.07, 6.45) is 1.03. The Balaban J connectivity index is 1.99. The van der Waals surface area contributed by atoms with Crippen molar-refractivity contribution in [3.63, 3.8) is 0 Å². The first-order valence-electron chi connectivity index (χ1n) is 5.15. The number of hydrogen-bond acceptors (Lipinski definition) is 3. The SMILES string of the molecule is O=C1OC(CO)C[C@H]1Cc1ccccc1. The van der Waals surface area contributed by atoms with Crippen molar-refractivity contribution in [2.75, 3.05) is 6.61 Å². The minimum atomic E-state index is -0.300. The maximum Gasteiger partial charge on any atom is 0.309 e. The number of hydrogen-bond donors (Lipinski definition) is 1. The zero-order chi connectivity index (χ0) is 10.7. The number of esters is 1. The van der Waals surface area contributed by atoms with Crippen LogP contribution in [0.5, 0.6) is 0 Å². The highest BCUT2D eigenvalue weighted by atomic mass is 16.6. The summed E-state index contributed by atoms with van der Waals surface area (Å²) in [5.41, 5.74) is 1.14. The Morgan fingerprint density at radius 1 is 1.33 bits per heavy atom. The van der Waals surface area contributed by atoms with E-state index in [1.165, 1.54) is 0 Å². The molecule has 1 aromatic rings. The number of carbonyl (C=O) groups excluding carboxylic acids is 1. The van der Waals surface area contributed by atoms with Crippen LogP contribution in [0.3, 0.4) is 0 Å². The van der Waals surface area contributed by atoms with Gasteiger partial charge in [0.1, 0.15) is 6.10 Å². The molecule has 1 aromatic carbocycles. The summed E-state index contributed by atoms with van der Waals surface area (Å²) in [6.45, 7) is -0.0724. The van der Waals surface area contributed by atoms with Gasteiger partial charge in [-0.25, -0.2) is 0 Å². The van der Waals surface area contributed by atoms with Gasteiger partial charge in [0.05, 0.1) is 12.5 Å². The molecule has 2 atom stereocenters. The molecule has 3 heteroatoms. The lowest BCUT2D eigenvalue weighted by molar-refractivity contribution is -0.145. The second-order valence-corrected chi connectivity index (χ2v) is 3.86. The van der Waals surface area contributed by atoms with Gasteiger partial charge in [-0.3, -0.25) is 4.79 Å². The molecule has 2 rings (SSSR count). The van der Waals surface area contributed by atoms with Gasteiger partial charge in [0.25, 0.3) is 0 Å². The van der Waals surface area contributed by atoms with Gasteiger partial charge in [0, 0.05) is 6.42 Å². The van der Waals surface area contributed by atoms with Crippen molar-refractivity contribution >= 4 is 5.97 Å². The quantitative estimate of drug-likeness (QED) is 0.755. The molecule has 1 N–H and O–H groups in total.